The lowest BCUT2D eigenvalue weighted by molar-refractivity contribution is -0.129. The predicted molar refractivity (Wildman–Crippen MR) is 73.1 cm³/mol. The Kier molecular flexibility index (Phi) is 4.35. The molecule has 1 aliphatic rings. The van der Waals surface area contributed by atoms with E-state index in [4.69, 9.17) is 5.73 Å². The van der Waals surface area contributed by atoms with Gasteiger partial charge in [-0.3, -0.25) is 4.79 Å². The van der Waals surface area contributed by atoms with Gasteiger partial charge in [-0.2, -0.15) is 4.98 Å². The first-order valence-corrected chi connectivity index (χ1v) is 6.76. The summed E-state index contributed by atoms with van der Waals surface area (Å²) in [6, 6.07) is 0. The normalized spacial score (nSPS) is 14.8. The number of carbonyl (C=O) groups is 1. The highest BCUT2D eigenvalue weighted by atomic mass is 79.9. The maximum atomic E-state index is 11.8. The largest absolute Gasteiger partial charge is 0.368 e. The van der Waals surface area contributed by atoms with Gasteiger partial charge in [-0.25, -0.2) is 4.98 Å². The lowest BCUT2D eigenvalue weighted by atomic mass is 10.3. The number of nitrogens with two attached hydrogens (primary N) is 1. The van der Waals surface area contributed by atoms with Crippen molar-refractivity contribution in [1.82, 2.24) is 14.9 Å². The number of hydrogen-bond donors (Lipinski definition) is 2. The fraction of sp³-hybridized carbons (Fsp3) is 0.545. The molecule has 1 aliphatic heterocycles. The number of aromatic nitrogens is 2. The molecule has 3 N–H and O–H groups in total. The molecule has 1 aromatic rings. The maximum absolute atomic E-state index is 11.8. The van der Waals surface area contributed by atoms with E-state index in [1.807, 2.05) is 4.90 Å². The van der Waals surface area contributed by atoms with Crippen LogP contribution in [0.5, 0.6) is 0 Å². The molecule has 0 saturated carbocycles. The van der Waals surface area contributed by atoms with Crippen molar-refractivity contribution in [3.05, 3.63) is 10.7 Å². The zero-order valence-corrected chi connectivity index (χ0v) is 11.6. The minimum Gasteiger partial charge on any atom is -0.368 e. The van der Waals surface area contributed by atoms with E-state index in [2.05, 4.69) is 31.2 Å². The molecule has 1 fully saturated rings. The van der Waals surface area contributed by atoms with E-state index in [-0.39, 0.29) is 11.9 Å². The van der Waals surface area contributed by atoms with Crippen molar-refractivity contribution in [3.63, 3.8) is 0 Å². The van der Waals surface area contributed by atoms with Crippen molar-refractivity contribution in [2.24, 2.45) is 0 Å². The van der Waals surface area contributed by atoms with E-state index in [9.17, 15) is 4.79 Å². The molecule has 0 bridgehead atoms. The summed E-state index contributed by atoms with van der Waals surface area (Å²) in [5, 5.41) is 3.08. The molecular weight excluding hydrogens is 298 g/mol. The lowest BCUT2D eigenvalue weighted by Crippen LogP contribution is -2.29. The summed E-state index contributed by atoms with van der Waals surface area (Å²) in [5.41, 5.74) is 5.50. The molecule has 98 valence electrons. The maximum Gasteiger partial charge on any atom is 0.224 e. The fourth-order valence-corrected chi connectivity index (χ4v) is 2.25. The Morgan fingerprint density at radius 3 is 2.94 bits per heavy atom. The number of amides is 1. The molecule has 0 aromatic carbocycles. The molecule has 2 heterocycles. The molecule has 1 amide bonds. The Morgan fingerprint density at radius 1 is 1.50 bits per heavy atom. The van der Waals surface area contributed by atoms with Gasteiger partial charge in [0.25, 0.3) is 0 Å². The van der Waals surface area contributed by atoms with Crippen molar-refractivity contribution >= 4 is 33.6 Å². The van der Waals surface area contributed by atoms with Crippen molar-refractivity contribution in [2.75, 3.05) is 30.7 Å². The zero-order chi connectivity index (χ0) is 13.0. The first-order chi connectivity index (χ1) is 8.66. The topological polar surface area (TPSA) is 84.1 Å². The number of anilines is 2. The third kappa shape index (κ3) is 3.32. The summed E-state index contributed by atoms with van der Waals surface area (Å²) >= 11 is 3.33. The van der Waals surface area contributed by atoms with E-state index < -0.39 is 0 Å². The van der Waals surface area contributed by atoms with Gasteiger partial charge >= 0.3 is 0 Å². The van der Waals surface area contributed by atoms with Crippen molar-refractivity contribution in [1.29, 1.82) is 0 Å². The van der Waals surface area contributed by atoms with Crippen LogP contribution >= 0.6 is 15.9 Å². The summed E-state index contributed by atoms with van der Waals surface area (Å²) in [7, 11) is 0. The Bertz CT molecular complexity index is 433. The van der Waals surface area contributed by atoms with E-state index in [0.717, 1.165) is 30.4 Å². The second kappa shape index (κ2) is 5.99. The van der Waals surface area contributed by atoms with Crippen LogP contribution in [0.25, 0.3) is 0 Å². The molecule has 0 radical (unpaired) electrons. The number of nitrogen functional groups attached to an aromatic ring is 1. The number of likely N-dealkylation sites (tertiary alicyclic amines) is 1. The average Bonchev–Trinajstić information content (AvgIpc) is 2.87. The molecule has 7 heteroatoms. The van der Waals surface area contributed by atoms with Gasteiger partial charge in [-0.05, 0) is 28.8 Å². The van der Waals surface area contributed by atoms with Gasteiger partial charge in [-0.15, -0.1) is 0 Å². The minimum absolute atomic E-state index is 0.193. The second-order valence-electron chi connectivity index (χ2n) is 4.19. The molecule has 0 atom stereocenters. The number of rotatable bonds is 4. The average molecular weight is 314 g/mol. The Labute approximate surface area is 114 Å². The fourth-order valence-electron chi connectivity index (χ4n) is 1.92. The van der Waals surface area contributed by atoms with Crippen molar-refractivity contribution < 1.29 is 4.79 Å². The van der Waals surface area contributed by atoms with Gasteiger partial charge in [0, 0.05) is 32.3 Å². The Balaban J connectivity index is 1.81. The SMILES string of the molecule is Nc1ncc(Br)c(NCCC(=O)N2CCCC2)n1. The van der Waals surface area contributed by atoms with Gasteiger partial charge in [0.1, 0.15) is 5.82 Å². The number of nitrogens with one attached hydrogen (secondary N) is 1. The van der Waals surface area contributed by atoms with Gasteiger partial charge in [0.05, 0.1) is 4.47 Å². The number of nitrogens with zero attached hydrogens (tertiary/aromatic N) is 3. The number of hydrogen-bond acceptors (Lipinski definition) is 5. The highest BCUT2D eigenvalue weighted by Gasteiger charge is 2.17. The van der Waals surface area contributed by atoms with E-state index in [0.29, 0.717) is 18.8 Å². The highest BCUT2D eigenvalue weighted by Crippen LogP contribution is 2.19. The summed E-state index contributed by atoms with van der Waals surface area (Å²) in [4.78, 5) is 21.6. The molecular formula is C11H16BrN5O. The summed E-state index contributed by atoms with van der Waals surface area (Å²) in [6.45, 7) is 2.33. The van der Waals surface area contributed by atoms with Crippen LogP contribution in [0.4, 0.5) is 11.8 Å². The monoisotopic (exact) mass is 313 g/mol. The van der Waals surface area contributed by atoms with Gasteiger partial charge in [-0.1, -0.05) is 0 Å². The van der Waals surface area contributed by atoms with Gasteiger partial charge < -0.3 is 16.0 Å². The number of halogens is 1. The third-order valence-electron chi connectivity index (χ3n) is 2.85. The van der Waals surface area contributed by atoms with Crippen molar-refractivity contribution in [2.45, 2.75) is 19.3 Å². The first kappa shape index (κ1) is 13.1. The summed E-state index contributed by atoms with van der Waals surface area (Å²) < 4.78 is 0.741. The van der Waals surface area contributed by atoms with Crippen LogP contribution in [0.1, 0.15) is 19.3 Å². The third-order valence-corrected chi connectivity index (χ3v) is 3.43. The van der Waals surface area contributed by atoms with Crippen LogP contribution in [-0.2, 0) is 4.79 Å². The Morgan fingerprint density at radius 2 is 2.22 bits per heavy atom. The van der Waals surface area contributed by atoms with Crippen LogP contribution < -0.4 is 11.1 Å². The van der Waals surface area contributed by atoms with Crippen LogP contribution in [-0.4, -0.2) is 40.4 Å². The van der Waals surface area contributed by atoms with Crippen LogP contribution in [0, 0.1) is 0 Å². The van der Waals surface area contributed by atoms with Gasteiger partial charge in [0.15, 0.2) is 0 Å². The number of carbonyl (C=O) groups excluding carboxylic acids is 1. The van der Waals surface area contributed by atoms with Crippen LogP contribution in [0.15, 0.2) is 10.7 Å². The Hall–Kier alpha value is -1.37. The van der Waals surface area contributed by atoms with E-state index in [1.54, 1.807) is 6.20 Å². The van der Waals surface area contributed by atoms with Gasteiger partial charge in [0.2, 0.25) is 11.9 Å². The molecule has 1 aromatic heterocycles. The lowest BCUT2D eigenvalue weighted by Gasteiger charge is -2.15. The van der Waals surface area contributed by atoms with Crippen LogP contribution in [0.2, 0.25) is 0 Å². The highest BCUT2D eigenvalue weighted by molar-refractivity contribution is 9.10. The zero-order valence-electron chi connectivity index (χ0n) is 10.0. The van der Waals surface area contributed by atoms with E-state index in [1.165, 1.54) is 0 Å². The molecule has 1 saturated heterocycles. The first-order valence-electron chi connectivity index (χ1n) is 5.96. The summed E-state index contributed by atoms with van der Waals surface area (Å²) in [5.74, 6) is 1.03. The summed E-state index contributed by atoms with van der Waals surface area (Å²) in [6.07, 6.45) is 4.30. The van der Waals surface area contributed by atoms with Crippen molar-refractivity contribution in [3.8, 4) is 0 Å². The molecule has 0 unspecified atom stereocenters. The smallest absolute Gasteiger partial charge is 0.224 e. The molecule has 0 aliphatic carbocycles. The molecule has 6 nitrogen and oxygen atoms in total. The minimum atomic E-state index is 0.193. The molecule has 18 heavy (non-hydrogen) atoms. The quantitative estimate of drug-likeness (QED) is 0.874. The van der Waals surface area contributed by atoms with Crippen LogP contribution in [0.3, 0.4) is 0 Å². The molecule has 0 spiro atoms. The standard InChI is InChI=1S/C11H16BrN5O/c12-8-7-15-11(13)16-10(8)14-4-3-9(18)17-5-1-2-6-17/h7H,1-6H2,(H3,13,14,15,16). The van der Waals surface area contributed by atoms with E-state index >= 15 is 0 Å². The molecule has 2 rings (SSSR count). The second-order valence-corrected chi connectivity index (χ2v) is 5.04. The predicted octanol–water partition coefficient (Wildman–Crippen LogP) is 1.25.